The summed E-state index contributed by atoms with van der Waals surface area (Å²) in [6, 6.07) is 16.1. The number of nitrogens with zero attached hydrogens (tertiary/aromatic N) is 8. The molecule has 9 rings (SSSR count). The molecular formula is C54H60F2N10O6. The molecule has 4 aliphatic rings. The van der Waals surface area contributed by atoms with Crippen LogP contribution in [0.3, 0.4) is 0 Å². The molecule has 5 aromatic rings. The molecule has 18 heteroatoms. The third-order valence-corrected chi connectivity index (χ3v) is 14.9. The van der Waals surface area contributed by atoms with E-state index in [1.54, 1.807) is 33.8 Å². The Hall–Kier alpha value is -7.26. The van der Waals surface area contributed by atoms with Crippen LogP contribution in [0.2, 0.25) is 0 Å². The summed E-state index contributed by atoms with van der Waals surface area (Å²) in [5.74, 6) is -1.53. The Morgan fingerprint density at radius 2 is 1.74 bits per heavy atom. The number of imide groups is 1. The minimum absolute atomic E-state index is 0.0535. The highest BCUT2D eigenvalue weighted by molar-refractivity contribution is 6.05. The Morgan fingerprint density at radius 3 is 2.47 bits per heavy atom. The maximum atomic E-state index is 14.9. The SMILES string of the molecule is CCOc1cc(-c2ccc(N3CCC(CN(C)C(=O)CCCCCCN4CCC(c5ccc6c(c5)CN(C5CCC(=O)NC5=O)C6=O)CC4)(NC(=O)c4cc(F)ccc4F)CC3)nc2)c2c(C#N)cnn2c1. The summed E-state index contributed by atoms with van der Waals surface area (Å²) in [5.41, 5.74) is 4.05. The average Bonchev–Trinajstić information content (AvgIpc) is 3.95. The van der Waals surface area contributed by atoms with Crippen molar-refractivity contribution in [3.63, 3.8) is 0 Å². The number of likely N-dealkylation sites (N-methyl/N-ethyl adjacent to an activating group) is 1. The van der Waals surface area contributed by atoms with Gasteiger partial charge in [-0.1, -0.05) is 25.0 Å². The fraction of sp³-hybridized carbons (Fsp3) is 0.444. The number of benzene rings is 2. The lowest BCUT2D eigenvalue weighted by molar-refractivity contribution is -0.137. The molecule has 1 unspecified atom stereocenters. The Balaban J connectivity index is 0.748. The Morgan fingerprint density at radius 1 is 0.944 bits per heavy atom. The van der Waals surface area contributed by atoms with Crippen LogP contribution in [0, 0.1) is 23.0 Å². The third-order valence-electron chi connectivity index (χ3n) is 14.9. The first-order chi connectivity index (χ1) is 34.8. The summed E-state index contributed by atoms with van der Waals surface area (Å²) in [5, 5.41) is 19.5. The van der Waals surface area contributed by atoms with E-state index in [1.165, 1.54) is 11.8 Å². The van der Waals surface area contributed by atoms with Gasteiger partial charge in [0.05, 0.1) is 41.2 Å². The highest BCUT2D eigenvalue weighted by Crippen LogP contribution is 2.36. The summed E-state index contributed by atoms with van der Waals surface area (Å²) in [6.45, 7) is 6.77. The molecule has 3 saturated heterocycles. The summed E-state index contributed by atoms with van der Waals surface area (Å²) < 4.78 is 36.5. The van der Waals surface area contributed by atoms with E-state index in [-0.39, 0.29) is 30.7 Å². The molecule has 72 heavy (non-hydrogen) atoms. The van der Waals surface area contributed by atoms with Crippen molar-refractivity contribution in [3.8, 4) is 22.9 Å². The van der Waals surface area contributed by atoms with Gasteiger partial charge in [0.25, 0.3) is 11.8 Å². The fourth-order valence-electron chi connectivity index (χ4n) is 10.9. The number of ether oxygens (including phenoxy) is 1. The van der Waals surface area contributed by atoms with E-state index in [0.717, 1.165) is 93.0 Å². The lowest BCUT2D eigenvalue weighted by Gasteiger charge is -2.44. The number of hydrogen-bond acceptors (Lipinski definition) is 11. The number of anilines is 1. The van der Waals surface area contributed by atoms with Crippen LogP contribution in [0.4, 0.5) is 14.6 Å². The first-order valence-corrected chi connectivity index (χ1v) is 25.1. The van der Waals surface area contributed by atoms with Gasteiger partial charge < -0.3 is 29.7 Å². The highest BCUT2D eigenvalue weighted by atomic mass is 19.1. The topological polar surface area (TPSA) is 186 Å². The van der Waals surface area contributed by atoms with E-state index in [9.17, 15) is 38.0 Å². The van der Waals surface area contributed by atoms with Crippen molar-refractivity contribution in [2.45, 2.75) is 102 Å². The number of carbonyl (C=O) groups is 5. The van der Waals surface area contributed by atoms with Gasteiger partial charge in [0.2, 0.25) is 17.7 Å². The smallest absolute Gasteiger partial charge is 0.255 e. The van der Waals surface area contributed by atoms with Crippen LogP contribution >= 0.6 is 0 Å². The number of likely N-dealkylation sites (tertiary alicyclic amines) is 1. The molecule has 0 radical (unpaired) electrons. The summed E-state index contributed by atoms with van der Waals surface area (Å²) in [4.78, 5) is 77.2. The van der Waals surface area contributed by atoms with Crippen molar-refractivity contribution in [1.29, 1.82) is 5.26 Å². The standard InChI is InChI=1S/C54H60F2N10O6/c1-3-72-41-28-43(50-39(29-57)31-59-66(50)33-41)37-10-15-47(58-30-37)64-24-19-54(20-25-64,61-51(69)44-27-40(55)11-13-45(44)56)34-62(2)49(68)8-6-4-5-7-21-63-22-17-35(18-23-63)36-9-12-42-38(26-36)32-65(53(42)71)46-14-16-48(67)60-52(46)70/h9-13,15,26-28,30-31,33,35,46H,3-8,14,16-25,32,34H2,1-2H3,(H,61,69)(H,60,67,70). The van der Waals surface area contributed by atoms with Gasteiger partial charge in [-0.2, -0.15) is 10.4 Å². The monoisotopic (exact) mass is 982 g/mol. The van der Waals surface area contributed by atoms with Gasteiger partial charge in [-0.05, 0) is 131 Å². The van der Waals surface area contributed by atoms with Crippen LogP contribution in [-0.2, 0) is 20.9 Å². The number of unbranched alkanes of at least 4 members (excludes halogenated alkanes) is 3. The van der Waals surface area contributed by atoms with Crippen molar-refractivity contribution < 1.29 is 37.5 Å². The van der Waals surface area contributed by atoms with Gasteiger partial charge in [0.1, 0.15) is 35.3 Å². The van der Waals surface area contributed by atoms with Gasteiger partial charge >= 0.3 is 0 Å². The molecule has 2 N–H and O–H groups in total. The first kappa shape index (κ1) is 49.7. The molecule has 7 heterocycles. The van der Waals surface area contributed by atoms with Crippen molar-refractivity contribution in [3.05, 3.63) is 113 Å². The second-order valence-corrected chi connectivity index (χ2v) is 19.6. The van der Waals surface area contributed by atoms with E-state index >= 15 is 0 Å². The number of aromatic nitrogens is 3. The van der Waals surface area contributed by atoms with Crippen molar-refractivity contribution >= 4 is 40.9 Å². The molecule has 0 bridgehead atoms. The maximum absolute atomic E-state index is 14.9. The number of nitriles is 1. The summed E-state index contributed by atoms with van der Waals surface area (Å²) >= 11 is 0. The molecule has 4 aliphatic heterocycles. The quantitative estimate of drug-likeness (QED) is 0.0741. The number of amides is 5. The second-order valence-electron chi connectivity index (χ2n) is 19.6. The average molecular weight is 983 g/mol. The van der Waals surface area contributed by atoms with Gasteiger partial charge in [0, 0.05) is 69.0 Å². The van der Waals surface area contributed by atoms with E-state index in [0.29, 0.717) is 86.1 Å². The third kappa shape index (κ3) is 10.8. The molecule has 0 aliphatic carbocycles. The summed E-state index contributed by atoms with van der Waals surface area (Å²) in [7, 11) is 1.73. The van der Waals surface area contributed by atoms with E-state index in [4.69, 9.17) is 9.72 Å². The first-order valence-electron chi connectivity index (χ1n) is 25.1. The molecule has 16 nitrogen and oxygen atoms in total. The van der Waals surface area contributed by atoms with Crippen LogP contribution in [0.1, 0.15) is 121 Å². The zero-order valence-corrected chi connectivity index (χ0v) is 40.8. The minimum Gasteiger partial charge on any atom is -0.492 e. The molecule has 5 amide bonds. The highest BCUT2D eigenvalue weighted by Gasteiger charge is 2.41. The number of pyridine rings is 2. The Bertz CT molecular complexity index is 2900. The van der Waals surface area contributed by atoms with Gasteiger partial charge in [0.15, 0.2) is 0 Å². The number of piperidine rings is 3. The van der Waals surface area contributed by atoms with Crippen molar-refractivity contribution in [2.24, 2.45) is 0 Å². The number of hydrogen-bond donors (Lipinski definition) is 2. The number of fused-ring (bicyclic) bond motifs is 2. The molecule has 3 aromatic heterocycles. The summed E-state index contributed by atoms with van der Waals surface area (Å²) in [6.07, 6.45) is 12.4. The molecule has 1 atom stereocenters. The zero-order valence-electron chi connectivity index (χ0n) is 40.8. The van der Waals surface area contributed by atoms with E-state index in [2.05, 4.69) is 37.7 Å². The number of carbonyl (C=O) groups excluding carboxylic acids is 5. The Kier molecular flexibility index (Phi) is 14.9. The minimum atomic E-state index is -0.927. The van der Waals surface area contributed by atoms with Gasteiger partial charge in [-0.3, -0.25) is 29.3 Å². The molecule has 0 spiro atoms. The number of rotatable bonds is 17. The zero-order chi connectivity index (χ0) is 50.5. The van der Waals surface area contributed by atoms with Crippen LogP contribution in [0.5, 0.6) is 5.75 Å². The second kappa shape index (κ2) is 21.6. The molecule has 3 fully saturated rings. The van der Waals surface area contributed by atoms with E-state index in [1.807, 2.05) is 37.3 Å². The lowest BCUT2D eigenvalue weighted by atomic mass is 9.86. The number of nitrogens with one attached hydrogen (secondary N) is 2. The molecule has 2 aromatic carbocycles. The van der Waals surface area contributed by atoms with Gasteiger partial charge in [-0.15, -0.1) is 0 Å². The normalized spacial score (nSPS) is 18.2. The van der Waals surface area contributed by atoms with Crippen molar-refractivity contribution in [1.82, 2.24) is 39.9 Å². The van der Waals surface area contributed by atoms with E-state index < -0.39 is 40.6 Å². The van der Waals surface area contributed by atoms with Crippen LogP contribution in [0.25, 0.3) is 16.6 Å². The predicted molar refractivity (Wildman–Crippen MR) is 264 cm³/mol. The van der Waals surface area contributed by atoms with Crippen LogP contribution in [-0.4, -0.2) is 123 Å². The van der Waals surface area contributed by atoms with Crippen LogP contribution in [0.15, 0.2) is 73.2 Å². The maximum Gasteiger partial charge on any atom is 0.255 e. The molecular weight excluding hydrogens is 923 g/mol. The molecule has 0 saturated carbocycles. The van der Waals surface area contributed by atoms with Crippen molar-refractivity contribution in [2.75, 3.05) is 57.8 Å². The molecule has 376 valence electrons. The largest absolute Gasteiger partial charge is 0.492 e. The number of halogens is 2. The fourth-order valence-corrected chi connectivity index (χ4v) is 10.9. The van der Waals surface area contributed by atoms with Gasteiger partial charge in [-0.25, -0.2) is 18.3 Å². The lowest BCUT2D eigenvalue weighted by Crippen LogP contribution is -2.61. The van der Waals surface area contributed by atoms with Crippen LogP contribution < -0.4 is 20.3 Å². The Labute approximate surface area is 417 Å². The predicted octanol–water partition coefficient (Wildman–Crippen LogP) is 6.76.